The number of nitrogens with one attached hydrogen (secondary N) is 1. The molecule has 0 fully saturated rings. The van der Waals surface area contributed by atoms with E-state index in [1.165, 1.54) is 11.1 Å². The van der Waals surface area contributed by atoms with Gasteiger partial charge in [-0.3, -0.25) is 0 Å². The van der Waals surface area contributed by atoms with E-state index in [0.717, 1.165) is 19.5 Å². The fourth-order valence-corrected chi connectivity index (χ4v) is 2.20. The van der Waals surface area contributed by atoms with Gasteiger partial charge in [0.25, 0.3) is 0 Å². The highest BCUT2D eigenvalue weighted by molar-refractivity contribution is 5.31. The van der Waals surface area contributed by atoms with Crippen molar-refractivity contribution in [2.24, 2.45) is 0 Å². The van der Waals surface area contributed by atoms with Gasteiger partial charge >= 0.3 is 0 Å². The van der Waals surface area contributed by atoms with Crippen molar-refractivity contribution in [3.8, 4) is 6.07 Å². The van der Waals surface area contributed by atoms with Gasteiger partial charge in [0.2, 0.25) is 0 Å². The van der Waals surface area contributed by atoms with Crippen LogP contribution in [0.25, 0.3) is 0 Å². The molecule has 0 aliphatic heterocycles. The van der Waals surface area contributed by atoms with Crippen LogP contribution in [0.15, 0.2) is 54.6 Å². The second kappa shape index (κ2) is 7.47. The van der Waals surface area contributed by atoms with Crippen LogP contribution in [0.5, 0.6) is 0 Å². The molecule has 0 aliphatic rings. The van der Waals surface area contributed by atoms with Crippen molar-refractivity contribution in [1.82, 2.24) is 5.32 Å². The molecule has 0 spiro atoms. The van der Waals surface area contributed by atoms with E-state index in [4.69, 9.17) is 5.26 Å². The van der Waals surface area contributed by atoms with E-state index in [0.29, 0.717) is 11.5 Å². The van der Waals surface area contributed by atoms with Crippen LogP contribution in [0.2, 0.25) is 0 Å². The molecule has 1 atom stereocenters. The summed E-state index contributed by atoms with van der Waals surface area (Å²) < 4.78 is 0. The van der Waals surface area contributed by atoms with Crippen LogP contribution >= 0.6 is 0 Å². The SMILES string of the molecule is CC(CCNCc1ccc(C#N)cc1)c1ccccc1. The van der Waals surface area contributed by atoms with Crippen molar-refractivity contribution in [3.05, 3.63) is 71.3 Å². The lowest BCUT2D eigenvalue weighted by Crippen LogP contribution is -2.16. The lowest BCUT2D eigenvalue weighted by Gasteiger charge is -2.12. The second-order valence-corrected chi connectivity index (χ2v) is 5.09. The largest absolute Gasteiger partial charge is 0.313 e. The maximum atomic E-state index is 8.75. The Balaban J connectivity index is 1.72. The predicted octanol–water partition coefficient (Wildman–Crippen LogP) is 3.84. The van der Waals surface area contributed by atoms with Crippen LogP contribution in [-0.2, 0) is 6.54 Å². The average Bonchev–Trinajstić information content (AvgIpc) is 2.53. The zero-order chi connectivity index (χ0) is 14.2. The Morgan fingerprint density at radius 1 is 1.05 bits per heavy atom. The molecule has 0 saturated heterocycles. The van der Waals surface area contributed by atoms with Crippen LogP contribution in [0.3, 0.4) is 0 Å². The van der Waals surface area contributed by atoms with Crippen molar-refractivity contribution < 1.29 is 0 Å². The topological polar surface area (TPSA) is 35.8 Å². The molecule has 2 aromatic carbocycles. The van der Waals surface area contributed by atoms with E-state index in [2.05, 4.69) is 48.6 Å². The maximum absolute atomic E-state index is 8.75. The molecule has 0 aliphatic carbocycles. The molecule has 0 saturated carbocycles. The molecular formula is C18H20N2. The quantitative estimate of drug-likeness (QED) is 0.805. The Kier molecular flexibility index (Phi) is 5.34. The summed E-state index contributed by atoms with van der Waals surface area (Å²) in [5, 5.41) is 12.2. The van der Waals surface area contributed by atoms with Crippen LogP contribution in [-0.4, -0.2) is 6.54 Å². The summed E-state index contributed by atoms with van der Waals surface area (Å²) in [7, 11) is 0. The van der Waals surface area contributed by atoms with Crippen molar-refractivity contribution in [2.45, 2.75) is 25.8 Å². The molecule has 0 radical (unpaired) electrons. The van der Waals surface area contributed by atoms with Crippen molar-refractivity contribution in [3.63, 3.8) is 0 Å². The van der Waals surface area contributed by atoms with Crippen molar-refractivity contribution in [1.29, 1.82) is 5.26 Å². The molecule has 2 rings (SSSR count). The first-order valence-electron chi connectivity index (χ1n) is 7.04. The summed E-state index contributed by atoms with van der Waals surface area (Å²) in [4.78, 5) is 0. The number of benzene rings is 2. The molecule has 0 aromatic heterocycles. The fourth-order valence-electron chi connectivity index (χ4n) is 2.20. The molecule has 0 heterocycles. The number of hydrogen-bond acceptors (Lipinski definition) is 2. The van der Waals surface area contributed by atoms with Gasteiger partial charge in [0.05, 0.1) is 11.6 Å². The summed E-state index contributed by atoms with van der Waals surface area (Å²) in [6.07, 6.45) is 1.13. The smallest absolute Gasteiger partial charge is 0.0991 e. The second-order valence-electron chi connectivity index (χ2n) is 5.09. The van der Waals surface area contributed by atoms with Crippen LogP contribution < -0.4 is 5.32 Å². The lowest BCUT2D eigenvalue weighted by molar-refractivity contribution is 0.594. The molecule has 1 N–H and O–H groups in total. The molecule has 20 heavy (non-hydrogen) atoms. The van der Waals surface area contributed by atoms with Crippen LogP contribution in [0, 0.1) is 11.3 Å². The monoisotopic (exact) mass is 264 g/mol. The van der Waals surface area contributed by atoms with Gasteiger partial charge in [0, 0.05) is 6.54 Å². The zero-order valence-electron chi connectivity index (χ0n) is 11.8. The predicted molar refractivity (Wildman–Crippen MR) is 82.3 cm³/mol. The molecule has 2 heteroatoms. The minimum Gasteiger partial charge on any atom is -0.313 e. The van der Waals surface area contributed by atoms with Gasteiger partial charge in [-0.05, 0) is 42.1 Å². The third-order valence-corrected chi connectivity index (χ3v) is 3.53. The van der Waals surface area contributed by atoms with Gasteiger partial charge in [-0.15, -0.1) is 0 Å². The van der Waals surface area contributed by atoms with Gasteiger partial charge in [0.15, 0.2) is 0 Å². The minimum absolute atomic E-state index is 0.574. The van der Waals surface area contributed by atoms with E-state index in [1.807, 2.05) is 24.3 Å². The summed E-state index contributed by atoms with van der Waals surface area (Å²) in [5.74, 6) is 0.574. The van der Waals surface area contributed by atoms with Crippen molar-refractivity contribution >= 4 is 0 Å². The highest BCUT2D eigenvalue weighted by atomic mass is 14.8. The highest BCUT2D eigenvalue weighted by Crippen LogP contribution is 2.17. The average molecular weight is 264 g/mol. The summed E-state index contributed by atoms with van der Waals surface area (Å²) in [6, 6.07) is 20.5. The van der Waals surface area contributed by atoms with E-state index in [9.17, 15) is 0 Å². The Bertz CT molecular complexity index is 552. The normalized spacial score (nSPS) is 11.8. The zero-order valence-corrected chi connectivity index (χ0v) is 11.8. The van der Waals surface area contributed by atoms with E-state index >= 15 is 0 Å². The standard InChI is InChI=1S/C18H20N2/c1-15(18-5-3-2-4-6-18)11-12-20-14-17-9-7-16(13-19)8-10-17/h2-10,15,20H,11-12,14H2,1H3. The summed E-state index contributed by atoms with van der Waals surface area (Å²) in [5.41, 5.74) is 3.33. The van der Waals surface area contributed by atoms with E-state index in [-0.39, 0.29) is 0 Å². The minimum atomic E-state index is 0.574. The molecule has 2 nitrogen and oxygen atoms in total. The van der Waals surface area contributed by atoms with Gasteiger partial charge in [-0.1, -0.05) is 49.4 Å². The van der Waals surface area contributed by atoms with Crippen LogP contribution in [0.1, 0.15) is 36.0 Å². The third-order valence-electron chi connectivity index (χ3n) is 3.53. The Morgan fingerprint density at radius 2 is 1.75 bits per heavy atom. The maximum Gasteiger partial charge on any atom is 0.0991 e. The first-order chi connectivity index (χ1) is 9.79. The molecular weight excluding hydrogens is 244 g/mol. The third kappa shape index (κ3) is 4.22. The van der Waals surface area contributed by atoms with E-state index < -0.39 is 0 Å². The molecule has 0 amide bonds. The van der Waals surface area contributed by atoms with Gasteiger partial charge in [0.1, 0.15) is 0 Å². The number of hydrogen-bond donors (Lipinski definition) is 1. The summed E-state index contributed by atoms with van der Waals surface area (Å²) in [6.45, 7) is 4.11. The molecule has 2 aromatic rings. The van der Waals surface area contributed by atoms with Crippen molar-refractivity contribution in [2.75, 3.05) is 6.54 Å². The lowest BCUT2D eigenvalue weighted by atomic mass is 9.98. The Hall–Kier alpha value is -2.11. The summed E-state index contributed by atoms with van der Waals surface area (Å²) >= 11 is 0. The van der Waals surface area contributed by atoms with E-state index in [1.54, 1.807) is 0 Å². The van der Waals surface area contributed by atoms with Gasteiger partial charge in [-0.2, -0.15) is 5.26 Å². The first-order valence-corrected chi connectivity index (χ1v) is 7.04. The first kappa shape index (κ1) is 14.3. The van der Waals surface area contributed by atoms with Gasteiger partial charge < -0.3 is 5.32 Å². The Morgan fingerprint density at radius 3 is 2.40 bits per heavy atom. The number of nitriles is 1. The number of nitrogens with zero attached hydrogens (tertiary/aromatic N) is 1. The highest BCUT2D eigenvalue weighted by Gasteiger charge is 2.03. The fraction of sp³-hybridized carbons (Fsp3) is 0.278. The van der Waals surface area contributed by atoms with Crippen LogP contribution in [0.4, 0.5) is 0 Å². The number of rotatable bonds is 6. The van der Waals surface area contributed by atoms with Gasteiger partial charge in [-0.25, -0.2) is 0 Å². The molecule has 0 bridgehead atoms. The Labute approximate surface area is 121 Å². The molecule has 102 valence electrons. The molecule has 1 unspecified atom stereocenters.